The molecule has 0 radical (unpaired) electrons. The second-order valence-electron chi connectivity index (χ2n) is 7.38. The van der Waals surface area contributed by atoms with Crippen LogP contribution in [0.15, 0.2) is 64.1 Å². The van der Waals surface area contributed by atoms with E-state index in [2.05, 4.69) is 10.5 Å². The van der Waals surface area contributed by atoms with Crippen molar-refractivity contribution in [3.63, 3.8) is 0 Å². The number of furan rings is 1. The summed E-state index contributed by atoms with van der Waals surface area (Å²) < 4.78 is 13.0. The number of benzene rings is 2. The Morgan fingerprint density at radius 1 is 1.21 bits per heavy atom. The largest absolute Gasteiger partial charge is 0.494 e. The van der Waals surface area contributed by atoms with Crippen LogP contribution in [0.1, 0.15) is 34.4 Å². The van der Waals surface area contributed by atoms with Gasteiger partial charge in [-0.15, -0.1) is 0 Å². The fourth-order valence-electron chi connectivity index (χ4n) is 3.67. The summed E-state index contributed by atoms with van der Waals surface area (Å²) in [5, 5.41) is 15.9. The number of aromatic nitrogens is 1. The minimum Gasteiger partial charge on any atom is -0.494 e. The number of amides is 1. The van der Waals surface area contributed by atoms with Crippen LogP contribution < -0.4 is 10.2 Å². The van der Waals surface area contributed by atoms with E-state index in [1.54, 1.807) is 30.3 Å². The summed E-state index contributed by atoms with van der Waals surface area (Å²) in [4.78, 5) is 23.2. The molecule has 0 spiro atoms. The molecule has 0 atom stereocenters. The van der Waals surface area contributed by atoms with Crippen LogP contribution >= 0.6 is 0 Å². The lowest BCUT2D eigenvalue weighted by molar-refractivity contribution is -0.384. The Morgan fingerprint density at radius 2 is 2.03 bits per heavy atom. The van der Waals surface area contributed by atoms with Gasteiger partial charge in [0, 0.05) is 34.5 Å². The van der Waals surface area contributed by atoms with Crippen LogP contribution in [0, 0.1) is 24.0 Å². The Morgan fingerprint density at radius 3 is 2.79 bits per heavy atom. The molecular formula is C24H22N4O5. The van der Waals surface area contributed by atoms with Gasteiger partial charge < -0.3 is 13.7 Å². The lowest BCUT2D eigenvalue weighted by atomic mass is 10.2. The van der Waals surface area contributed by atoms with E-state index in [9.17, 15) is 14.9 Å². The molecule has 4 rings (SSSR count). The van der Waals surface area contributed by atoms with Gasteiger partial charge in [0.2, 0.25) is 0 Å². The van der Waals surface area contributed by atoms with Gasteiger partial charge in [0.05, 0.1) is 23.4 Å². The van der Waals surface area contributed by atoms with Gasteiger partial charge in [-0.3, -0.25) is 14.9 Å². The molecule has 33 heavy (non-hydrogen) atoms. The molecule has 0 saturated carbocycles. The van der Waals surface area contributed by atoms with Gasteiger partial charge in [0.25, 0.3) is 5.69 Å². The Labute approximate surface area is 189 Å². The molecular weight excluding hydrogens is 424 g/mol. The summed E-state index contributed by atoms with van der Waals surface area (Å²) in [5.41, 5.74) is 6.22. The van der Waals surface area contributed by atoms with E-state index in [4.69, 9.17) is 9.15 Å². The molecule has 0 bridgehead atoms. The highest BCUT2D eigenvalue weighted by molar-refractivity contribution is 5.97. The van der Waals surface area contributed by atoms with Crippen molar-refractivity contribution < 1.29 is 18.9 Å². The summed E-state index contributed by atoms with van der Waals surface area (Å²) in [6.07, 6.45) is 1.53. The third-order valence-corrected chi connectivity index (χ3v) is 5.16. The highest BCUT2D eigenvalue weighted by atomic mass is 16.6. The smallest absolute Gasteiger partial charge is 0.307 e. The number of fused-ring (bicyclic) bond motifs is 1. The number of hydrogen-bond donors (Lipinski definition) is 1. The van der Waals surface area contributed by atoms with Crippen LogP contribution in [0.2, 0.25) is 0 Å². The second kappa shape index (κ2) is 8.99. The topological polar surface area (TPSA) is 112 Å². The van der Waals surface area contributed by atoms with Crippen LogP contribution in [0.3, 0.4) is 0 Å². The number of nitrogens with zero attached hydrogens (tertiary/aromatic N) is 3. The van der Waals surface area contributed by atoms with Gasteiger partial charge in [-0.2, -0.15) is 5.10 Å². The summed E-state index contributed by atoms with van der Waals surface area (Å²) >= 11 is 0. The number of nitro benzene ring substituents is 1. The summed E-state index contributed by atoms with van der Waals surface area (Å²) in [6, 6.07) is 15.3. The van der Waals surface area contributed by atoms with E-state index in [0.29, 0.717) is 23.6 Å². The highest BCUT2D eigenvalue weighted by Gasteiger charge is 2.14. The predicted octanol–water partition coefficient (Wildman–Crippen LogP) is 4.91. The van der Waals surface area contributed by atoms with E-state index in [1.807, 2.05) is 37.5 Å². The quantitative estimate of drug-likeness (QED) is 0.246. The van der Waals surface area contributed by atoms with Crippen molar-refractivity contribution in [1.82, 2.24) is 9.99 Å². The Kier molecular flexibility index (Phi) is 5.95. The molecule has 0 aliphatic rings. The number of nitrogens with one attached hydrogen (secondary N) is 1. The van der Waals surface area contributed by atoms with Crippen molar-refractivity contribution >= 4 is 28.8 Å². The van der Waals surface area contributed by atoms with Crippen molar-refractivity contribution in [2.24, 2.45) is 5.10 Å². The first-order valence-electron chi connectivity index (χ1n) is 10.3. The van der Waals surface area contributed by atoms with Crippen LogP contribution in [0.5, 0.6) is 5.75 Å². The van der Waals surface area contributed by atoms with E-state index < -0.39 is 10.8 Å². The normalized spacial score (nSPS) is 11.2. The molecule has 2 heterocycles. The minimum atomic E-state index is -0.479. The molecule has 9 nitrogen and oxygen atoms in total. The van der Waals surface area contributed by atoms with Crippen molar-refractivity contribution in [3.05, 3.63) is 87.4 Å². The number of carbonyl (C=O) groups is 1. The van der Waals surface area contributed by atoms with Crippen LogP contribution in [0.25, 0.3) is 16.7 Å². The van der Waals surface area contributed by atoms with Crippen molar-refractivity contribution in [1.29, 1.82) is 0 Å². The molecule has 2 aromatic carbocycles. The van der Waals surface area contributed by atoms with Crippen molar-refractivity contribution in [3.8, 4) is 11.4 Å². The van der Waals surface area contributed by atoms with Gasteiger partial charge in [0.1, 0.15) is 11.3 Å². The summed E-state index contributed by atoms with van der Waals surface area (Å²) in [6.45, 7) is 6.22. The fourth-order valence-corrected chi connectivity index (χ4v) is 3.67. The number of aryl methyl sites for hydroxylation is 1. The van der Waals surface area contributed by atoms with Gasteiger partial charge >= 0.3 is 5.91 Å². The van der Waals surface area contributed by atoms with Gasteiger partial charge in [0.15, 0.2) is 5.76 Å². The molecule has 0 aliphatic heterocycles. The number of rotatable bonds is 7. The monoisotopic (exact) mass is 446 g/mol. The van der Waals surface area contributed by atoms with Gasteiger partial charge in [-0.05, 0) is 57.2 Å². The zero-order chi connectivity index (χ0) is 23.5. The minimum absolute atomic E-state index is 0.0155. The summed E-state index contributed by atoms with van der Waals surface area (Å²) in [5.74, 6) is 0.362. The van der Waals surface area contributed by atoms with Crippen LogP contribution in [-0.2, 0) is 0 Å². The van der Waals surface area contributed by atoms with Crippen molar-refractivity contribution in [2.45, 2.75) is 20.8 Å². The molecule has 1 amide bonds. The maximum Gasteiger partial charge on any atom is 0.307 e. The first kappa shape index (κ1) is 21.8. The van der Waals surface area contributed by atoms with E-state index in [0.717, 1.165) is 22.3 Å². The van der Waals surface area contributed by atoms with Crippen molar-refractivity contribution in [2.75, 3.05) is 6.61 Å². The predicted molar refractivity (Wildman–Crippen MR) is 124 cm³/mol. The molecule has 4 aromatic rings. The highest BCUT2D eigenvalue weighted by Crippen LogP contribution is 2.25. The number of hydrogen-bond acceptors (Lipinski definition) is 6. The number of nitro groups is 1. The Hall–Kier alpha value is -4.40. The molecule has 0 saturated heterocycles. The average Bonchev–Trinajstić information content (AvgIpc) is 3.34. The molecule has 1 N–H and O–H groups in total. The zero-order valence-electron chi connectivity index (χ0n) is 18.4. The molecule has 168 valence electrons. The van der Waals surface area contributed by atoms with E-state index >= 15 is 0 Å². The third-order valence-electron chi connectivity index (χ3n) is 5.16. The Balaban J connectivity index is 1.51. The SMILES string of the molecule is CCOc1ccc2oc(C(=O)N/N=C/c3cc(C)n(-c4cccc([N+](=O)[O-])c4)c3C)cc2c1. The van der Waals surface area contributed by atoms with E-state index in [1.165, 1.54) is 18.3 Å². The second-order valence-corrected chi connectivity index (χ2v) is 7.38. The number of carbonyl (C=O) groups excluding carboxylic acids is 1. The Bertz CT molecular complexity index is 1380. The first-order chi connectivity index (χ1) is 15.9. The van der Waals surface area contributed by atoms with Crippen LogP contribution in [0.4, 0.5) is 5.69 Å². The maximum absolute atomic E-state index is 12.5. The van der Waals surface area contributed by atoms with Gasteiger partial charge in [-0.1, -0.05) is 6.07 Å². The average molecular weight is 446 g/mol. The molecule has 9 heteroatoms. The maximum atomic E-state index is 12.5. The zero-order valence-corrected chi connectivity index (χ0v) is 18.4. The third kappa shape index (κ3) is 4.47. The standard InChI is InChI=1S/C24H22N4O5/c1-4-32-21-8-9-22-17(11-21)12-23(33-22)24(29)26-25-14-18-10-15(2)27(16(18)3)19-6-5-7-20(13-19)28(30)31/h5-14H,4H2,1-3H3,(H,26,29)/b25-14+. The number of non-ortho nitro benzene ring substituents is 1. The van der Waals surface area contributed by atoms with Crippen LogP contribution in [-0.4, -0.2) is 28.2 Å². The lowest BCUT2D eigenvalue weighted by Gasteiger charge is -2.09. The summed E-state index contributed by atoms with van der Waals surface area (Å²) in [7, 11) is 0. The number of ether oxygens (including phenoxy) is 1. The van der Waals surface area contributed by atoms with Gasteiger partial charge in [-0.25, -0.2) is 5.43 Å². The molecule has 2 aromatic heterocycles. The first-order valence-corrected chi connectivity index (χ1v) is 10.3. The lowest BCUT2D eigenvalue weighted by Crippen LogP contribution is -2.16. The molecule has 0 unspecified atom stereocenters. The molecule has 0 fully saturated rings. The fraction of sp³-hybridized carbons (Fsp3) is 0.167. The van der Waals surface area contributed by atoms with E-state index in [-0.39, 0.29) is 11.4 Å². The number of hydrazone groups is 1. The molecule has 0 aliphatic carbocycles.